The van der Waals surface area contributed by atoms with Crippen molar-refractivity contribution >= 4 is 23.3 Å². The second-order valence-corrected chi connectivity index (χ2v) is 5.67. The summed E-state index contributed by atoms with van der Waals surface area (Å²) in [5.74, 6) is -0.607. The Hall–Kier alpha value is -3.62. The second-order valence-electron chi connectivity index (χ2n) is 5.67. The van der Waals surface area contributed by atoms with Gasteiger partial charge in [-0.05, 0) is 12.1 Å². The Bertz CT molecular complexity index is 868. The van der Waals surface area contributed by atoms with E-state index in [1.54, 1.807) is 13.1 Å². The highest BCUT2D eigenvalue weighted by Crippen LogP contribution is 2.21. The average Bonchev–Trinajstić information content (AvgIpc) is 2.65. The van der Waals surface area contributed by atoms with E-state index in [-0.39, 0.29) is 23.5 Å². The number of non-ortho nitro benzene ring substituents is 1. The Labute approximate surface area is 155 Å². The molecule has 0 aliphatic rings. The number of rotatable bonds is 7. The van der Waals surface area contributed by atoms with Gasteiger partial charge in [0.2, 0.25) is 0 Å². The molecule has 9 nitrogen and oxygen atoms in total. The number of methoxy groups -OCH3 is 1. The smallest absolute Gasteiger partial charge is 0.340 e. The molecule has 0 saturated carbocycles. The monoisotopic (exact) mass is 373 g/mol. The molecule has 0 fully saturated rings. The number of ether oxygens (including phenoxy) is 2. The van der Waals surface area contributed by atoms with Crippen molar-refractivity contribution in [2.45, 2.75) is 6.54 Å². The molecular weight excluding hydrogens is 354 g/mol. The van der Waals surface area contributed by atoms with Gasteiger partial charge in [0.15, 0.2) is 6.61 Å². The number of likely N-dealkylation sites (N-methyl/N-ethyl adjacent to an activating group) is 1. The molecule has 0 aliphatic carbocycles. The van der Waals surface area contributed by atoms with Crippen LogP contribution in [0.1, 0.15) is 15.9 Å². The van der Waals surface area contributed by atoms with Crippen LogP contribution < -0.4 is 10.5 Å². The first-order valence-corrected chi connectivity index (χ1v) is 7.90. The third-order valence-corrected chi connectivity index (χ3v) is 3.82. The number of hydrogen-bond donors (Lipinski definition) is 1. The van der Waals surface area contributed by atoms with Crippen molar-refractivity contribution in [2.75, 3.05) is 26.5 Å². The van der Waals surface area contributed by atoms with E-state index < -0.39 is 23.4 Å². The van der Waals surface area contributed by atoms with Gasteiger partial charge in [0.05, 0.1) is 23.3 Å². The number of nitrogens with two attached hydrogens (primary N) is 1. The summed E-state index contributed by atoms with van der Waals surface area (Å²) in [5, 5.41) is 10.7. The molecule has 0 atom stereocenters. The van der Waals surface area contributed by atoms with Crippen molar-refractivity contribution in [1.29, 1.82) is 0 Å². The fourth-order valence-corrected chi connectivity index (χ4v) is 2.34. The molecule has 2 rings (SSSR count). The topological polar surface area (TPSA) is 125 Å². The van der Waals surface area contributed by atoms with E-state index in [1.165, 1.54) is 18.1 Å². The van der Waals surface area contributed by atoms with E-state index in [9.17, 15) is 19.7 Å². The van der Waals surface area contributed by atoms with Gasteiger partial charge < -0.3 is 20.1 Å². The number of carbonyl (C=O) groups excluding carboxylic acids is 2. The van der Waals surface area contributed by atoms with Crippen LogP contribution in [0.25, 0.3) is 0 Å². The molecule has 0 unspecified atom stereocenters. The number of amides is 1. The summed E-state index contributed by atoms with van der Waals surface area (Å²) in [6.45, 7) is -0.207. The molecule has 2 aromatic rings. The minimum absolute atomic E-state index is 0.0409. The van der Waals surface area contributed by atoms with Gasteiger partial charge in [0, 0.05) is 31.3 Å². The summed E-state index contributed by atoms with van der Waals surface area (Å²) in [6, 6.07) is 10.7. The van der Waals surface area contributed by atoms with E-state index >= 15 is 0 Å². The lowest BCUT2D eigenvalue weighted by molar-refractivity contribution is -0.384. The highest BCUT2D eigenvalue weighted by atomic mass is 16.6. The number of hydrogen-bond acceptors (Lipinski definition) is 7. The Morgan fingerprint density at radius 3 is 2.56 bits per heavy atom. The van der Waals surface area contributed by atoms with Crippen molar-refractivity contribution in [3.8, 4) is 5.75 Å². The zero-order valence-corrected chi connectivity index (χ0v) is 14.9. The molecular formula is C18H19N3O6. The first-order chi connectivity index (χ1) is 12.8. The van der Waals surface area contributed by atoms with Crippen LogP contribution in [-0.2, 0) is 16.1 Å². The molecule has 0 aromatic heterocycles. The third kappa shape index (κ3) is 4.94. The first-order valence-electron chi connectivity index (χ1n) is 7.90. The van der Waals surface area contributed by atoms with Crippen molar-refractivity contribution in [3.63, 3.8) is 0 Å². The Morgan fingerprint density at radius 1 is 1.22 bits per heavy atom. The summed E-state index contributed by atoms with van der Waals surface area (Å²) in [5.41, 5.74) is 6.08. The predicted molar refractivity (Wildman–Crippen MR) is 97.3 cm³/mol. The summed E-state index contributed by atoms with van der Waals surface area (Å²) in [4.78, 5) is 35.7. The van der Waals surface area contributed by atoms with Crippen LogP contribution in [0.4, 0.5) is 11.4 Å². The van der Waals surface area contributed by atoms with Gasteiger partial charge in [0.25, 0.3) is 11.6 Å². The number of carbonyl (C=O) groups is 2. The molecule has 2 N–H and O–H groups in total. The minimum Gasteiger partial charge on any atom is -0.496 e. The standard InChI is InChI=1S/C18H19N3O6/c1-20(10-12-5-3-4-6-16(12)26-2)17(22)11-27-18(23)14-8-7-13(21(24)25)9-15(14)19/h3-9H,10-11,19H2,1-2H3. The number of esters is 1. The van der Waals surface area contributed by atoms with E-state index in [4.69, 9.17) is 15.2 Å². The first kappa shape index (κ1) is 19.7. The van der Waals surface area contributed by atoms with Crippen molar-refractivity contribution in [1.82, 2.24) is 4.90 Å². The fraction of sp³-hybridized carbons (Fsp3) is 0.222. The Balaban J connectivity index is 1.96. The molecule has 1 amide bonds. The van der Waals surface area contributed by atoms with Crippen LogP contribution >= 0.6 is 0 Å². The molecule has 0 aliphatic heterocycles. The molecule has 0 bridgehead atoms. The minimum atomic E-state index is -0.832. The highest BCUT2D eigenvalue weighted by Gasteiger charge is 2.18. The van der Waals surface area contributed by atoms with Gasteiger partial charge in [0.1, 0.15) is 5.75 Å². The van der Waals surface area contributed by atoms with E-state index in [0.29, 0.717) is 5.75 Å². The lowest BCUT2D eigenvalue weighted by Gasteiger charge is -2.18. The van der Waals surface area contributed by atoms with Crippen molar-refractivity contribution < 1.29 is 24.0 Å². The summed E-state index contributed by atoms with van der Waals surface area (Å²) in [7, 11) is 3.11. The number of nitrogens with zero attached hydrogens (tertiary/aromatic N) is 2. The van der Waals surface area contributed by atoms with Gasteiger partial charge in [-0.2, -0.15) is 0 Å². The zero-order valence-electron chi connectivity index (χ0n) is 14.9. The van der Waals surface area contributed by atoms with Gasteiger partial charge in [-0.15, -0.1) is 0 Å². The third-order valence-electron chi connectivity index (χ3n) is 3.82. The summed E-state index contributed by atoms with van der Waals surface area (Å²) >= 11 is 0. The number of nitrogen functional groups attached to an aromatic ring is 1. The van der Waals surface area contributed by atoms with Crippen LogP contribution in [0, 0.1) is 10.1 Å². The normalized spacial score (nSPS) is 10.1. The van der Waals surface area contributed by atoms with E-state index in [1.807, 2.05) is 18.2 Å². The lowest BCUT2D eigenvalue weighted by Crippen LogP contribution is -2.31. The van der Waals surface area contributed by atoms with Crippen LogP contribution in [0.5, 0.6) is 5.75 Å². The highest BCUT2D eigenvalue weighted by molar-refractivity contribution is 5.96. The maximum atomic E-state index is 12.2. The number of nitro groups is 1. The summed E-state index contributed by atoms with van der Waals surface area (Å²) in [6.07, 6.45) is 0. The number of anilines is 1. The Kier molecular flexibility index (Phi) is 6.32. The van der Waals surface area contributed by atoms with E-state index in [0.717, 1.165) is 17.7 Å². The van der Waals surface area contributed by atoms with Crippen LogP contribution in [0.2, 0.25) is 0 Å². The largest absolute Gasteiger partial charge is 0.496 e. The fourth-order valence-electron chi connectivity index (χ4n) is 2.34. The molecule has 142 valence electrons. The zero-order chi connectivity index (χ0) is 20.0. The lowest BCUT2D eigenvalue weighted by atomic mass is 10.1. The van der Waals surface area contributed by atoms with Crippen LogP contribution in [0.3, 0.4) is 0 Å². The molecule has 9 heteroatoms. The molecule has 0 saturated heterocycles. The van der Waals surface area contributed by atoms with Crippen LogP contribution in [0.15, 0.2) is 42.5 Å². The van der Waals surface area contributed by atoms with Gasteiger partial charge in [-0.25, -0.2) is 4.79 Å². The molecule has 0 heterocycles. The van der Waals surface area contributed by atoms with Crippen molar-refractivity contribution in [3.05, 3.63) is 63.7 Å². The molecule has 2 aromatic carbocycles. The maximum absolute atomic E-state index is 12.2. The predicted octanol–water partition coefficient (Wildman–Crippen LogP) is 2.00. The molecule has 27 heavy (non-hydrogen) atoms. The van der Waals surface area contributed by atoms with E-state index in [2.05, 4.69) is 0 Å². The second kappa shape index (κ2) is 8.65. The maximum Gasteiger partial charge on any atom is 0.340 e. The van der Waals surface area contributed by atoms with Gasteiger partial charge in [-0.3, -0.25) is 14.9 Å². The Morgan fingerprint density at radius 2 is 1.93 bits per heavy atom. The van der Waals surface area contributed by atoms with Gasteiger partial charge in [-0.1, -0.05) is 18.2 Å². The number of benzene rings is 2. The van der Waals surface area contributed by atoms with Gasteiger partial charge >= 0.3 is 5.97 Å². The van der Waals surface area contributed by atoms with Crippen molar-refractivity contribution in [2.24, 2.45) is 0 Å². The molecule has 0 spiro atoms. The number of nitro benzene ring substituents is 1. The number of para-hydroxylation sites is 1. The molecule has 0 radical (unpaired) electrons. The average molecular weight is 373 g/mol. The van der Waals surface area contributed by atoms with Crippen LogP contribution in [-0.4, -0.2) is 42.5 Å². The quantitative estimate of drug-likeness (QED) is 0.340. The SMILES string of the molecule is COc1ccccc1CN(C)C(=O)COC(=O)c1ccc([N+](=O)[O-])cc1N. The summed E-state index contributed by atoms with van der Waals surface area (Å²) < 4.78 is 10.2.